The largest absolute Gasteiger partial charge is 0.463 e. The second kappa shape index (κ2) is 9.59. The van der Waals surface area contributed by atoms with Gasteiger partial charge in [-0.3, -0.25) is 19.2 Å². The van der Waals surface area contributed by atoms with Crippen LogP contribution in [0.15, 0.2) is 12.4 Å². The molecule has 1 saturated heterocycles. The molecule has 2 heterocycles. The molecule has 0 spiro atoms. The first-order valence-electron chi connectivity index (χ1n) is 9.03. The van der Waals surface area contributed by atoms with Gasteiger partial charge in [0.1, 0.15) is 12.7 Å². The van der Waals surface area contributed by atoms with Crippen molar-refractivity contribution in [2.24, 2.45) is 0 Å². The first-order valence-corrected chi connectivity index (χ1v) is 9.03. The van der Waals surface area contributed by atoms with Crippen LogP contribution in [0.25, 0.3) is 0 Å². The molecule has 0 aromatic rings. The molecule has 0 saturated carbocycles. The van der Waals surface area contributed by atoms with Gasteiger partial charge < -0.3 is 33.5 Å². The van der Waals surface area contributed by atoms with Crippen molar-refractivity contribution in [2.45, 2.75) is 58.3 Å². The van der Waals surface area contributed by atoms with Crippen LogP contribution in [0.1, 0.15) is 27.7 Å². The lowest BCUT2D eigenvalue weighted by Crippen LogP contribution is -2.65. The third-order valence-corrected chi connectivity index (χ3v) is 4.19. The van der Waals surface area contributed by atoms with Crippen LogP contribution in [0.3, 0.4) is 0 Å². The van der Waals surface area contributed by atoms with E-state index in [1.54, 1.807) is 17.3 Å². The summed E-state index contributed by atoms with van der Waals surface area (Å²) in [4.78, 5) is 50.1. The summed E-state index contributed by atoms with van der Waals surface area (Å²) in [7, 11) is 1.84. The second-order valence-electron chi connectivity index (χ2n) is 6.80. The molecule has 0 amide bonds. The van der Waals surface area contributed by atoms with Crippen LogP contribution in [0.2, 0.25) is 0 Å². The number of ether oxygens (including phenoxy) is 5. The third kappa shape index (κ3) is 6.08. The van der Waals surface area contributed by atoms with Crippen molar-refractivity contribution in [3.05, 3.63) is 12.4 Å². The summed E-state index contributed by atoms with van der Waals surface area (Å²) >= 11 is 0. The summed E-state index contributed by atoms with van der Waals surface area (Å²) in [5, 5.41) is 0. The lowest BCUT2D eigenvalue weighted by Gasteiger charge is -2.46. The molecular formula is C18H26N2O9. The first-order chi connectivity index (χ1) is 13.6. The normalized spacial score (nSPS) is 28.7. The Balaban J connectivity index is 2.42. The fraction of sp³-hybridized carbons (Fsp3) is 0.667. The maximum absolute atomic E-state index is 11.8. The van der Waals surface area contributed by atoms with E-state index in [0.717, 1.165) is 0 Å². The highest BCUT2D eigenvalue weighted by molar-refractivity contribution is 5.68. The smallest absolute Gasteiger partial charge is 0.303 e. The number of carbonyl (C=O) groups is 4. The SMILES string of the molecule is CC(=O)OC[C@H]1O[C@@H](N2C=CN(C)C2)[C@H](OC(C)=O)[C@@H](OC(C)=O)[C@@H]1OC(C)=O. The molecule has 2 aliphatic rings. The minimum atomic E-state index is -1.17. The number of nitrogens with zero attached hydrogens (tertiary/aromatic N) is 2. The fourth-order valence-corrected chi connectivity index (χ4v) is 3.19. The summed E-state index contributed by atoms with van der Waals surface area (Å²) in [6.07, 6.45) is -1.74. The van der Waals surface area contributed by atoms with Crippen LogP contribution in [0, 0.1) is 0 Å². The highest BCUT2D eigenvalue weighted by atomic mass is 16.7. The van der Waals surface area contributed by atoms with E-state index in [0.29, 0.717) is 6.67 Å². The Labute approximate surface area is 168 Å². The van der Waals surface area contributed by atoms with E-state index in [9.17, 15) is 19.2 Å². The molecule has 1 fully saturated rings. The predicted molar refractivity (Wildman–Crippen MR) is 95.6 cm³/mol. The van der Waals surface area contributed by atoms with Gasteiger partial charge in [-0.15, -0.1) is 0 Å². The maximum Gasteiger partial charge on any atom is 0.303 e. The van der Waals surface area contributed by atoms with Crippen molar-refractivity contribution in [3.63, 3.8) is 0 Å². The zero-order valence-corrected chi connectivity index (χ0v) is 17.0. The molecule has 0 aliphatic carbocycles. The topological polar surface area (TPSA) is 121 Å². The van der Waals surface area contributed by atoms with Gasteiger partial charge in [0.05, 0.1) is 6.67 Å². The molecule has 5 atom stereocenters. The molecule has 11 heteroatoms. The quantitative estimate of drug-likeness (QED) is 0.422. The lowest BCUT2D eigenvalue weighted by atomic mass is 9.96. The van der Waals surface area contributed by atoms with E-state index in [1.807, 2.05) is 11.9 Å². The summed E-state index contributed by atoms with van der Waals surface area (Å²) in [6, 6.07) is 0. The van der Waals surface area contributed by atoms with E-state index in [-0.39, 0.29) is 6.61 Å². The van der Waals surface area contributed by atoms with Crippen LogP contribution in [0.5, 0.6) is 0 Å². The van der Waals surface area contributed by atoms with E-state index in [1.165, 1.54) is 27.7 Å². The molecule has 0 N–H and O–H groups in total. The van der Waals surface area contributed by atoms with Gasteiger partial charge in [0.2, 0.25) is 0 Å². The van der Waals surface area contributed by atoms with E-state index >= 15 is 0 Å². The van der Waals surface area contributed by atoms with Crippen molar-refractivity contribution >= 4 is 23.9 Å². The molecule has 0 radical (unpaired) electrons. The number of hydrogen-bond donors (Lipinski definition) is 0. The molecule has 2 aliphatic heterocycles. The zero-order chi connectivity index (χ0) is 21.7. The van der Waals surface area contributed by atoms with Crippen LogP contribution in [0.4, 0.5) is 0 Å². The van der Waals surface area contributed by atoms with Gasteiger partial charge in [0.25, 0.3) is 0 Å². The molecular weight excluding hydrogens is 388 g/mol. The Morgan fingerprint density at radius 1 is 0.862 bits per heavy atom. The summed E-state index contributed by atoms with van der Waals surface area (Å²) in [5.41, 5.74) is 0. The van der Waals surface area contributed by atoms with Gasteiger partial charge in [0.15, 0.2) is 24.5 Å². The number of hydrogen-bond acceptors (Lipinski definition) is 11. The van der Waals surface area contributed by atoms with Crippen molar-refractivity contribution in [1.82, 2.24) is 9.80 Å². The maximum atomic E-state index is 11.8. The van der Waals surface area contributed by atoms with Crippen molar-refractivity contribution < 1.29 is 42.9 Å². The Morgan fingerprint density at radius 2 is 1.41 bits per heavy atom. The molecule has 11 nitrogen and oxygen atoms in total. The van der Waals surface area contributed by atoms with Crippen LogP contribution < -0.4 is 0 Å². The zero-order valence-electron chi connectivity index (χ0n) is 17.0. The summed E-state index contributed by atoms with van der Waals surface area (Å²) in [5.74, 6) is -2.51. The first kappa shape index (κ1) is 22.5. The molecule has 2 rings (SSSR count). The number of rotatable bonds is 6. The molecule has 0 unspecified atom stereocenters. The van der Waals surface area contributed by atoms with E-state index in [4.69, 9.17) is 23.7 Å². The van der Waals surface area contributed by atoms with E-state index in [2.05, 4.69) is 0 Å². The van der Waals surface area contributed by atoms with Crippen LogP contribution >= 0.6 is 0 Å². The van der Waals surface area contributed by atoms with Gasteiger partial charge in [-0.1, -0.05) is 0 Å². The Hall–Kier alpha value is -2.82. The predicted octanol–water partition coefficient (Wildman–Crippen LogP) is -0.254. The van der Waals surface area contributed by atoms with Crippen molar-refractivity contribution in [2.75, 3.05) is 20.3 Å². The van der Waals surface area contributed by atoms with Gasteiger partial charge in [-0.05, 0) is 0 Å². The average Bonchev–Trinajstić information content (AvgIpc) is 3.01. The van der Waals surface area contributed by atoms with Crippen molar-refractivity contribution in [3.8, 4) is 0 Å². The van der Waals surface area contributed by atoms with Crippen LogP contribution in [-0.2, 0) is 42.9 Å². The van der Waals surface area contributed by atoms with Gasteiger partial charge in [-0.2, -0.15) is 0 Å². The fourth-order valence-electron chi connectivity index (χ4n) is 3.19. The molecule has 0 bridgehead atoms. The van der Waals surface area contributed by atoms with Crippen molar-refractivity contribution in [1.29, 1.82) is 0 Å². The van der Waals surface area contributed by atoms with Gasteiger partial charge >= 0.3 is 23.9 Å². The van der Waals surface area contributed by atoms with E-state index < -0.39 is 54.5 Å². The highest BCUT2D eigenvalue weighted by Crippen LogP contribution is 2.32. The minimum Gasteiger partial charge on any atom is -0.463 e. The summed E-state index contributed by atoms with van der Waals surface area (Å²) in [6.45, 7) is 4.96. The molecule has 0 aromatic carbocycles. The summed E-state index contributed by atoms with van der Waals surface area (Å²) < 4.78 is 27.2. The number of esters is 4. The lowest BCUT2D eigenvalue weighted by molar-refractivity contribution is -0.274. The third-order valence-electron chi connectivity index (χ3n) is 4.19. The van der Waals surface area contributed by atoms with Gasteiger partial charge in [-0.25, -0.2) is 0 Å². The highest BCUT2D eigenvalue weighted by Gasteiger charge is 2.53. The van der Waals surface area contributed by atoms with Gasteiger partial charge in [0, 0.05) is 47.1 Å². The Bertz CT molecular complexity index is 680. The monoisotopic (exact) mass is 414 g/mol. The number of carbonyl (C=O) groups excluding carboxylic acids is 4. The average molecular weight is 414 g/mol. The second-order valence-corrected chi connectivity index (χ2v) is 6.80. The minimum absolute atomic E-state index is 0.248. The Morgan fingerprint density at radius 3 is 1.90 bits per heavy atom. The molecule has 0 aromatic heterocycles. The standard InChI is InChI=1S/C18H26N2O9/c1-10(21)25-8-14-15(26-11(2)22)16(27-12(3)23)17(28-13(4)24)18(29-14)20-7-6-19(5)9-20/h6-7,14-18H,8-9H2,1-5H3/t14-,15-,16+,17-,18-/m1/s1. The molecule has 29 heavy (non-hydrogen) atoms. The van der Waals surface area contributed by atoms with Crippen LogP contribution in [-0.4, -0.2) is 84.6 Å². The molecule has 162 valence electrons. The Kier molecular flexibility index (Phi) is 7.43.